The van der Waals surface area contributed by atoms with E-state index in [2.05, 4.69) is 21.9 Å². The maximum atomic E-state index is 11.9. The lowest BCUT2D eigenvalue weighted by Crippen LogP contribution is -2.42. The summed E-state index contributed by atoms with van der Waals surface area (Å²) in [6.45, 7) is 3.42. The lowest BCUT2D eigenvalue weighted by molar-refractivity contribution is -0.118. The molecule has 0 radical (unpaired) electrons. The summed E-state index contributed by atoms with van der Waals surface area (Å²) >= 11 is 0. The van der Waals surface area contributed by atoms with E-state index in [4.69, 9.17) is 0 Å². The molecule has 5 nitrogen and oxygen atoms in total. The minimum Gasteiger partial charge on any atom is -0.341 e. The molecule has 0 heterocycles. The topological polar surface area (TPSA) is 70.9 Å². The van der Waals surface area contributed by atoms with Crippen molar-refractivity contribution < 1.29 is 9.59 Å². The molecule has 0 spiro atoms. The van der Waals surface area contributed by atoms with Gasteiger partial charge < -0.3 is 10.1 Å². The summed E-state index contributed by atoms with van der Waals surface area (Å²) in [4.78, 5) is 30.5. The molecule has 0 saturated heterocycles. The van der Waals surface area contributed by atoms with E-state index in [9.17, 15) is 9.59 Å². The Labute approximate surface area is 118 Å². The molecule has 1 amide bonds. The Hall–Kier alpha value is -2.56. The van der Waals surface area contributed by atoms with Crippen molar-refractivity contribution in [1.82, 2.24) is 5.32 Å². The van der Waals surface area contributed by atoms with Gasteiger partial charge in [-0.25, -0.2) is 0 Å². The van der Waals surface area contributed by atoms with Gasteiger partial charge in [-0.2, -0.15) is 0 Å². The molecular weight excluding hydrogens is 254 g/mol. The Kier molecular flexibility index (Phi) is 6.61. The first-order valence-corrected chi connectivity index (χ1v) is 6.12. The number of carbonyl (C=O) groups is 2. The highest BCUT2D eigenvalue weighted by Gasteiger charge is 2.15. The number of amides is 1. The minimum absolute atomic E-state index is 0.143. The van der Waals surface area contributed by atoms with Crippen LogP contribution in [-0.4, -0.2) is 37.2 Å². The van der Waals surface area contributed by atoms with Gasteiger partial charge in [0.2, 0.25) is 0 Å². The van der Waals surface area contributed by atoms with Crippen LogP contribution in [0.4, 0.5) is 0 Å². The fourth-order valence-electron chi connectivity index (χ4n) is 1.58. The molecule has 0 aliphatic heterocycles. The van der Waals surface area contributed by atoms with E-state index in [-0.39, 0.29) is 5.71 Å². The quantitative estimate of drug-likeness (QED) is 0.598. The predicted molar refractivity (Wildman–Crippen MR) is 80.2 cm³/mol. The Morgan fingerprint density at radius 3 is 2.65 bits per heavy atom. The zero-order valence-corrected chi connectivity index (χ0v) is 11.3. The number of hydrogen-bond acceptors (Lipinski definition) is 4. The van der Waals surface area contributed by atoms with E-state index in [0.717, 1.165) is 5.56 Å². The van der Waals surface area contributed by atoms with Gasteiger partial charge in [-0.1, -0.05) is 36.9 Å². The molecule has 0 saturated carbocycles. The maximum Gasteiger partial charge on any atom is 0.271 e. The fourth-order valence-corrected chi connectivity index (χ4v) is 1.58. The van der Waals surface area contributed by atoms with Crippen LogP contribution in [0, 0.1) is 0 Å². The zero-order chi connectivity index (χ0) is 14.8. The molecule has 1 aromatic carbocycles. The van der Waals surface area contributed by atoms with Crippen LogP contribution in [0.3, 0.4) is 0 Å². The summed E-state index contributed by atoms with van der Waals surface area (Å²) in [6, 6.07) is 8.86. The molecule has 0 unspecified atom stereocenters. The van der Waals surface area contributed by atoms with Crippen molar-refractivity contribution in [3.8, 4) is 0 Å². The Morgan fingerprint density at radius 2 is 2.10 bits per heavy atom. The van der Waals surface area contributed by atoms with Gasteiger partial charge in [0.15, 0.2) is 0 Å². The van der Waals surface area contributed by atoms with E-state index < -0.39 is 11.9 Å². The number of carbonyl (C=O) groups excluding carboxylic acids is 2. The van der Waals surface area contributed by atoms with Crippen molar-refractivity contribution in [3.63, 3.8) is 0 Å². The van der Waals surface area contributed by atoms with Crippen molar-refractivity contribution in [3.05, 3.63) is 48.7 Å². The van der Waals surface area contributed by atoms with Crippen LogP contribution in [-0.2, 0) is 16.0 Å². The Balaban J connectivity index is 2.68. The zero-order valence-electron chi connectivity index (χ0n) is 11.3. The van der Waals surface area contributed by atoms with Crippen LogP contribution in [0.5, 0.6) is 0 Å². The molecule has 20 heavy (non-hydrogen) atoms. The van der Waals surface area contributed by atoms with Crippen molar-refractivity contribution in [1.29, 1.82) is 0 Å². The Bertz CT molecular complexity index is 521. The molecule has 0 aromatic heterocycles. The van der Waals surface area contributed by atoms with Crippen molar-refractivity contribution in [2.24, 2.45) is 9.98 Å². The van der Waals surface area contributed by atoms with Gasteiger partial charge in [0, 0.05) is 13.2 Å². The molecule has 1 N–H and O–H groups in total. The number of benzene rings is 1. The van der Waals surface area contributed by atoms with Gasteiger partial charge >= 0.3 is 0 Å². The summed E-state index contributed by atoms with van der Waals surface area (Å²) in [7, 11) is 1.48. The third-order valence-corrected chi connectivity index (χ3v) is 2.55. The molecule has 0 aliphatic carbocycles. The molecule has 0 fully saturated rings. The van der Waals surface area contributed by atoms with E-state index in [1.54, 1.807) is 0 Å². The first-order chi connectivity index (χ1) is 9.71. The molecule has 0 aliphatic rings. The molecular formula is C15H17N3O2. The second-order valence-corrected chi connectivity index (χ2v) is 3.98. The van der Waals surface area contributed by atoms with E-state index in [0.29, 0.717) is 12.7 Å². The second-order valence-electron chi connectivity index (χ2n) is 3.98. The van der Waals surface area contributed by atoms with Crippen molar-refractivity contribution in [2.75, 3.05) is 7.05 Å². The SMILES string of the molecule is C=CN=CC(=NC)C(=O)N[C@H](C=O)Cc1ccccc1. The highest BCUT2D eigenvalue weighted by atomic mass is 16.2. The van der Waals surface area contributed by atoms with E-state index >= 15 is 0 Å². The van der Waals surface area contributed by atoms with Crippen LogP contribution in [0.1, 0.15) is 5.56 Å². The summed E-state index contributed by atoms with van der Waals surface area (Å²) in [5.41, 5.74) is 1.12. The number of nitrogens with zero attached hydrogens (tertiary/aromatic N) is 2. The average Bonchev–Trinajstić information content (AvgIpc) is 2.48. The standard InChI is InChI=1S/C15H17N3O2/c1-3-17-10-14(16-2)15(20)18-13(11-19)9-12-7-5-4-6-8-12/h3-8,10-11,13H,1,9H2,2H3,(H,18,20)/t13-/m0/s1. The summed E-state index contributed by atoms with van der Waals surface area (Å²) < 4.78 is 0. The van der Waals surface area contributed by atoms with Gasteiger partial charge in [0.1, 0.15) is 12.0 Å². The molecule has 0 bridgehead atoms. The summed E-state index contributed by atoms with van der Waals surface area (Å²) in [5.74, 6) is -0.439. The number of nitrogens with one attached hydrogen (secondary N) is 1. The molecule has 1 atom stereocenters. The van der Waals surface area contributed by atoms with E-state index in [1.807, 2.05) is 30.3 Å². The third-order valence-electron chi connectivity index (χ3n) is 2.55. The van der Waals surface area contributed by atoms with Crippen LogP contribution < -0.4 is 5.32 Å². The van der Waals surface area contributed by atoms with Crippen LogP contribution >= 0.6 is 0 Å². The van der Waals surface area contributed by atoms with E-state index in [1.165, 1.54) is 19.5 Å². The fraction of sp³-hybridized carbons (Fsp3) is 0.200. The minimum atomic E-state index is -0.598. The van der Waals surface area contributed by atoms with Gasteiger partial charge in [-0.3, -0.25) is 14.8 Å². The van der Waals surface area contributed by atoms with Crippen LogP contribution in [0.15, 0.2) is 53.1 Å². The average molecular weight is 271 g/mol. The summed E-state index contributed by atoms with van der Waals surface area (Å²) in [5, 5.41) is 2.61. The van der Waals surface area contributed by atoms with Gasteiger partial charge in [-0.15, -0.1) is 0 Å². The normalized spacial score (nSPS) is 12.9. The van der Waals surface area contributed by atoms with Gasteiger partial charge in [0.25, 0.3) is 5.91 Å². The number of rotatable bonds is 7. The van der Waals surface area contributed by atoms with Gasteiger partial charge in [-0.05, 0) is 12.0 Å². The summed E-state index contributed by atoms with van der Waals surface area (Å²) in [6.07, 6.45) is 3.75. The van der Waals surface area contributed by atoms with Crippen molar-refractivity contribution in [2.45, 2.75) is 12.5 Å². The highest BCUT2D eigenvalue weighted by molar-refractivity contribution is 6.60. The number of hydrogen-bond donors (Lipinski definition) is 1. The third kappa shape index (κ3) is 4.97. The predicted octanol–water partition coefficient (Wildman–Crippen LogP) is 1.20. The first-order valence-electron chi connectivity index (χ1n) is 6.12. The first kappa shape index (κ1) is 15.5. The Morgan fingerprint density at radius 1 is 1.40 bits per heavy atom. The molecule has 104 valence electrons. The lowest BCUT2D eigenvalue weighted by atomic mass is 10.1. The number of aliphatic imine (C=N–C) groups is 2. The lowest BCUT2D eigenvalue weighted by Gasteiger charge is -2.12. The smallest absolute Gasteiger partial charge is 0.271 e. The van der Waals surface area contributed by atoms with Gasteiger partial charge in [0.05, 0.1) is 12.3 Å². The molecule has 1 rings (SSSR count). The van der Waals surface area contributed by atoms with Crippen molar-refractivity contribution >= 4 is 24.1 Å². The van der Waals surface area contributed by atoms with Crippen LogP contribution in [0.2, 0.25) is 0 Å². The second kappa shape index (κ2) is 8.53. The highest BCUT2D eigenvalue weighted by Crippen LogP contribution is 2.02. The number of aldehydes is 1. The molecule has 5 heteroatoms. The van der Waals surface area contributed by atoms with Crippen LogP contribution in [0.25, 0.3) is 0 Å². The maximum absolute atomic E-state index is 11.9. The monoisotopic (exact) mass is 271 g/mol. The largest absolute Gasteiger partial charge is 0.341 e. The molecule has 1 aromatic rings.